The van der Waals surface area contributed by atoms with E-state index in [0.29, 0.717) is 43.0 Å². The van der Waals surface area contributed by atoms with E-state index < -0.39 is 0 Å². The van der Waals surface area contributed by atoms with Gasteiger partial charge in [-0.3, -0.25) is 24.7 Å². The first-order valence-electron chi connectivity index (χ1n) is 8.69. The summed E-state index contributed by atoms with van der Waals surface area (Å²) in [6, 6.07) is 1.84. The van der Waals surface area contributed by atoms with Crippen molar-refractivity contribution >= 4 is 17.6 Å². The lowest BCUT2D eigenvalue weighted by atomic mass is 10.0. The van der Waals surface area contributed by atoms with E-state index >= 15 is 0 Å². The average molecular weight is 357 g/mol. The number of fused-ring (bicyclic) bond motifs is 1. The molecule has 0 saturated heterocycles. The van der Waals surface area contributed by atoms with Gasteiger partial charge in [-0.05, 0) is 31.7 Å². The van der Waals surface area contributed by atoms with Crippen molar-refractivity contribution in [3.8, 4) is 0 Å². The van der Waals surface area contributed by atoms with Crippen molar-refractivity contribution in [2.75, 3.05) is 5.32 Å². The Morgan fingerprint density at radius 2 is 2.15 bits per heavy atom. The molecule has 0 saturated carbocycles. The van der Waals surface area contributed by atoms with Gasteiger partial charge in [0.2, 0.25) is 11.9 Å². The van der Waals surface area contributed by atoms with Crippen LogP contribution in [-0.2, 0) is 17.8 Å². The van der Waals surface area contributed by atoms with Crippen LogP contribution in [0.4, 0.5) is 5.95 Å². The molecule has 9 heteroatoms. The van der Waals surface area contributed by atoms with Crippen LogP contribution in [0.5, 0.6) is 0 Å². The highest BCUT2D eigenvalue weighted by Gasteiger charge is 2.15. The molecule has 9 nitrogen and oxygen atoms in total. The molecule has 0 radical (unpaired) electrons. The molecule has 1 amide bonds. The number of hydrogen-bond acceptors (Lipinski definition) is 5. The highest BCUT2D eigenvalue weighted by atomic mass is 16.2. The summed E-state index contributed by atoms with van der Waals surface area (Å²) in [5, 5.41) is 9.60. The maximum atomic E-state index is 12.6. The smallest absolute Gasteiger partial charge is 0.277 e. The van der Waals surface area contributed by atoms with Crippen LogP contribution >= 0.6 is 0 Å². The molecule has 3 aromatic rings. The highest BCUT2D eigenvalue weighted by Crippen LogP contribution is 2.10. The Labute approximate surface area is 150 Å². The number of amides is 1. The average Bonchev–Trinajstić information content (AvgIpc) is 3.21. The van der Waals surface area contributed by atoms with E-state index in [4.69, 9.17) is 0 Å². The Balaban J connectivity index is 1.69. The number of aryl methyl sites for hydroxylation is 2. The van der Waals surface area contributed by atoms with Crippen LogP contribution in [0.2, 0.25) is 0 Å². The molecule has 3 heterocycles. The van der Waals surface area contributed by atoms with E-state index in [1.807, 2.05) is 12.3 Å². The van der Waals surface area contributed by atoms with E-state index in [1.54, 1.807) is 17.8 Å². The molecule has 0 spiro atoms. The minimum atomic E-state index is -0.177. The summed E-state index contributed by atoms with van der Waals surface area (Å²) in [5.74, 6) is 0.646. The molecule has 0 aliphatic rings. The number of nitrogens with one attached hydrogen (secondary N) is 2. The van der Waals surface area contributed by atoms with Crippen molar-refractivity contribution in [1.29, 1.82) is 0 Å². The maximum absolute atomic E-state index is 12.6. The van der Waals surface area contributed by atoms with Crippen LogP contribution in [0.3, 0.4) is 0 Å². The van der Waals surface area contributed by atoms with Gasteiger partial charge in [-0.1, -0.05) is 13.8 Å². The highest BCUT2D eigenvalue weighted by molar-refractivity contribution is 5.89. The van der Waals surface area contributed by atoms with E-state index in [9.17, 15) is 9.59 Å². The van der Waals surface area contributed by atoms with Crippen molar-refractivity contribution in [2.24, 2.45) is 5.92 Å². The van der Waals surface area contributed by atoms with Gasteiger partial charge in [0.25, 0.3) is 11.3 Å². The number of anilines is 1. The van der Waals surface area contributed by atoms with Gasteiger partial charge in [0.1, 0.15) is 0 Å². The molecule has 0 bridgehead atoms. The fraction of sp³-hybridized carbons (Fsp3) is 0.471. The molecule has 138 valence electrons. The van der Waals surface area contributed by atoms with Crippen LogP contribution in [0.1, 0.15) is 37.9 Å². The molecule has 3 aromatic heterocycles. The lowest BCUT2D eigenvalue weighted by molar-refractivity contribution is -0.116. The standard InChI is InChI=1S/C17H23N7O2/c1-11(2)10-13-12(3)19-17-21-16(22-24(17)15(13)26)20-14(25)6-4-8-23-9-5-7-18-23/h5,7,9,11H,4,6,8,10H2,1-3H3,(H2,19,20,21,22,25). The zero-order valence-corrected chi connectivity index (χ0v) is 15.2. The molecule has 26 heavy (non-hydrogen) atoms. The molecular weight excluding hydrogens is 334 g/mol. The number of nitrogens with zero attached hydrogens (tertiary/aromatic N) is 5. The second kappa shape index (κ2) is 7.51. The van der Waals surface area contributed by atoms with E-state index in [0.717, 1.165) is 0 Å². The minimum absolute atomic E-state index is 0.173. The predicted octanol–water partition coefficient (Wildman–Crippen LogP) is 1.54. The van der Waals surface area contributed by atoms with Crippen LogP contribution in [0.15, 0.2) is 23.3 Å². The first-order valence-corrected chi connectivity index (χ1v) is 8.69. The summed E-state index contributed by atoms with van der Waals surface area (Å²) in [4.78, 5) is 33.3. The normalized spacial score (nSPS) is 11.4. The third-order valence-electron chi connectivity index (χ3n) is 4.02. The van der Waals surface area contributed by atoms with Crippen molar-refractivity contribution in [3.63, 3.8) is 0 Å². The van der Waals surface area contributed by atoms with Gasteiger partial charge in [0.15, 0.2) is 0 Å². The largest absolute Gasteiger partial charge is 0.295 e. The Hall–Kier alpha value is -2.97. The number of carbonyl (C=O) groups excluding carboxylic acids is 1. The lowest BCUT2D eigenvalue weighted by Gasteiger charge is -2.06. The van der Waals surface area contributed by atoms with Crippen molar-refractivity contribution < 1.29 is 4.79 Å². The Morgan fingerprint density at radius 3 is 2.85 bits per heavy atom. The quantitative estimate of drug-likeness (QED) is 0.666. The topological polar surface area (TPSA) is 110 Å². The van der Waals surface area contributed by atoms with E-state index in [1.165, 1.54) is 4.52 Å². The van der Waals surface area contributed by atoms with Gasteiger partial charge in [-0.15, -0.1) is 0 Å². The lowest BCUT2D eigenvalue weighted by Crippen LogP contribution is -2.23. The first kappa shape index (κ1) is 17.8. The molecule has 0 unspecified atom stereocenters. The zero-order chi connectivity index (χ0) is 18.7. The van der Waals surface area contributed by atoms with Crippen molar-refractivity contribution in [1.82, 2.24) is 29.4 Å². The van der Waals surface area contributed by atoms with Crippen LogP contribution < -0.4 is 10.9 Å². The van der Waals surface area contributed by atoms with Gasteiger partial charge >= 0.3 is 0 Å². The first-order chi connectivity index (χ1) is 12.4. The third kappa shape index (κ3) is 3.98. The fourth-order valence-electron chi connectivity index (χ4n) is 2.78. The molecule has 0 aliphatic heterocycles. The van der Waals surface area contributed by atoms with Gasteiger partial charge in [0, 0.05) is 30.9 Å². The molecule has 0 aromatic carbocycles. The molecule has 2 N–H and O–H groups in total. The van der Waals surface area contributed by atoms with Gasteiger partial charge in [-0.25, -0.2) is 4.98 Å². The molecule has 0 fully saturated rings. The number of rotatable bonds is 7. The number of aromatic nitrogens is 6. The summed E-state index contributed by atoms with van der Waals surface area (Å²) in [7, 11) is 0. The molecule has 3 rings (SSSR count). The summed E-state index contributed by atoms with van der Waals surface area (Å²) in [6.07, 6.45) is 5.19. The number of carbonyl (C=O) groups is 1. The van der Waals surface area contributed by atoms with Gasteiger partial charge in [0.05, 0.1) is 5.69 Å². The number of hydrogen-bond donors (Lipinski definition) is 2. The Kier molecular flexibility index (Phi) is 5.15. The van der Waals surface area contributed by atoms with Crippen LogP contribution in [0, 0.1) is 12.8 Å². The second-order valence-corrected chi connectivity index (χ2v) is 6.71. The van der Waals surface area contributed by atoms with Gasteiger partial charge < -0.3 is 0 Å². The maximum Gasteiger partial charge on any atom is 0.277 e. The number of H-pyrrole nitrogens is 1. The molecule has 0 aliphatic carbocycles. The van der Waals surface area contributed by atoms with E-state index in [-0.39, 0.29) is 23.2 Å². The van der Waals surface area contributed by atoms with Crippen LogP contribution in [0.25, 0.3) is 5.78 Å². The van der Waals surface area contributed by atoms with E-state index in [2.05, 4.69) is 39.3 Å². The molecular formula is C17H23N7O2. The van der Waals surface area contributed by atoms with Crippen molar-refractivity contribution in [3.05, 3.63) is 40.1 Å². The minimum Gasteiger partial charge on any atom is -0.295 e. The SMILES string of the molecule is Cc1nc2nc(NC(=O)CCCn3cccn3)[nH]n2c(=O)c1CC(C)C. The third-order valence-corrected chi connectivity index (χ3v) is 4.02. The second-order valence-electron chi connectivity index (χ2n) is 6.71. The Morgan fingerprint density at radius 1 is 1.35 bits per heavy atom. The summed E-state index contributed by atoms with van der Waals surface area (Å²) < 4.78 is 3.06. The molecule has 0 atom stereocenters. The van der Waals surface area contributed by atoms with Gasteiger partial charge in [-0.2, -0.15) is 14.6 Å². The summed E-state index contributed by atoms with van der Waals surface area (Å²) in [6.45, 7) is 6.58. The van der Waals surface area contributed by atoms with Crippen molar-refractivity contribution in [2.45, 2.75) is 46.6 Å². The number of aromatic amines is 1. The monoisotopic (exact) mass is 357 g/mol. The Bertz CT molecular complexity index is 954. The summed E-state index contributed by atoms with van der Waals surface area (Å²) in [5.41, 5.74) is 1.17. The predicted molar refractivity (Wildman–Crippen MR) is 97.0 cm³/mol. The van der Waals surface area contributed by atoms with Crippen LogP contribution in [-0.4, -0.2) is 35.3 Å². The summed E-state index contributed by atoms with van der Waals surface area (Å²) >= 11 is 0. The fourth-order valence-corrected chi connectivity index (χ4v) is 2.78. The zero-order valence-electron chi connectivity index (χ0n) is 15.2.